The molecule has 3 aromatic rings. The number of nitrogens with zero attached hydrogens (tertiary/aromatic N) is 2. The van der Waals surface area contributed by atoms with Crippen LogP contribution in [-0.4, -0.2) is 40.6 Å². The molecule has 3 rings (SSSR count). The highest BCUT2D eigenvalue weighted by Crippen LogP contribution is 2.28. The van der Waals surface area contributed by atoms with E-state index in [1.165, 1.54) is 11.9 Å². The van der Waals surface area contributed by atoms with Crippen molar-refractivity contribution in [1.82, 2.24) is 10.1 Å². The van der Waals surface area contributed by atoms with Crippen molar-refractivity contribution in [2.75, 3.05) is 19.0 Å². The largest absolute Gasteiger partial charge is 0.494 e. The van der Waals surface area contributed by atoms with Gasteiger partial charge in [0.1, 0.15) is 11.8 Å². The van der Waals surface area contributed by atoms with Crippen LogP contribution in [0.3, 0.4) is 0 Å². The molecular weight excluding hydrogens is 422 g/mol. The van der Waals surface area contributed by atoms with Crippen molar-refractivity contribution in [3.63, 3.8) is 0 Å². The summed E-state index contributed by atoms with van der Waals surface area (Å²) < 4.78 is 10.4. The number of hydrogen-bond acceptors (Lipinski definition) is 6. The van der Waals surface area contributed by atoms with Gasteiger partial charge < -0.3 is 24.6 Å². The van der Waals surface area contributed by atoms with E-state index in [2.05, 4.69) is 31.2 Å². The van der Waals surface area contributed by atoms with E-state index in [-0.39, 0.29) is 11.2 Å². The molecule has 2 amide bonds. The van der Waals surface area contributed by atoms with E-state index in [0.717, 1.165) is 11.6 Å². The first-order chi connectivity index (χ1) is 15.6. The SMILES string of the molecule is CCOc1ccc(C(C(=O)Nc2ccc(C(C)(C)C)cc2)N(C)C(=O)c2cc(O)no2)cc1. The van der Waals surface area contributed by atoms with Crippen molar-refractivity contribution in [1.29, 1.82) is 0 Å². The normalized spacial score (nSPS) is 12.2. The van der Waals surface area contributed by atoms with Crippen molar-refractivity contribution >= 4 is 17.5 Å². The summed E-state index contributed by atoms with van der Waals surface area (Å²) in [5.74, 6) is -0.921. The van der Waals surface area contributed by atoms with Crippen LogP contribution in [-0.2, 0) is 10.2 Å². The number of carbonyl (C=O) groups is 2. The fourth-order valence-electron chi connectivity index (χ4n) is 3.39. The number of nitrogens with one attached hydrogen (secondary N) is 1. The van der Waals surface area contributed by atoms with Crippen molar-refractivity contribution in [3.05, 3.63) is 71.5 Å². The molecule has 1 heterocycles. The van der Waals surface area contributed by atoms with Crippen LogP contribution in [0.4, 0.5) is 5.69 Å². The van der Waals surface area contributed by atoms with Gasteiger partial charge in [-0.25, -0.2) is 0 Å². The Balaban J connectivity index is 1.90. The van der Waals surface area contributed by atoms with Gasteiger partial charge in [0.25, 0.3) is 17.7 Å². The van der Waals surface area contributed by atoms with Crippen LogP contribution in [0, 0.1) is 0 Å². The first kappa shape index (κ1) is 23.8. The highest BCUT2D eigenvalue weighted by molar-refractivity contribution is 6.00. The number of aromatic hydroxyl groups is 1. The molecule has 8 heteroatoms. The highest BCUT2D eigenvalue weighted by atomic mass is 16.5. The van der Waals surface area contributed by atoms with Crippen LogP contribution < -0.4 is 10.1 Å². The average Bonchev–Trinajstić information content (AvgIpc) is 3.20. The Bertz CT molecular complexity index is 1100. The fourth-order valence-corrected chi connectivity index (χ4v) is 3.39. The maximum Gasteiger partial charge on any atom is 0.293 e. The lowest BCUT2D eigenvalue weighted by atomic mass is 9.87. The van der Waals surface area contributed by atoms with Crippen molar-refractivity contribution in [2.24, 2.45) is 0 Å². The minimum atomic E-state index is -0.970. The molecule has 0 aliphatic heterocycles. The first-order valence-corrected chi connectivity index (χ1v) is 10.7. The summed E-state index contributed by atoms with van der Waals surface area (Å²) in [5, 5.41) is 15.7. The third kappa shape index (κ3) is 5.71. The predicted octanol–water partition coefficient (Wildman–Crippen LogP) is 4.53. The molecule has 0 radical (unpaired) electrons. The molecule has 2 aromatic carbocycles. The number of hydrogen-bond donors (Lipinski definition) is 2. The lowest BCUT2D eigenvalue weighted by Crippen LogP contribution is -2.38. The van der Waals surface area contributed by atoms with Gasteiger partial charge in [0, 0.05) is 12.7 Å². The van der Waals surface area contributed by atoms with E-state index in [1.807, 2.05) is 31.2 Å². The lowest BCUT2D eigenvalue weighted by molar-refractivity contribution is -0.120. The Morgan fingerprint density at radius 3 is 2.27 bits per heavy atom. The van der Waals surface area contributed by atoms with E-state index in [9.17, 15) is 14.7 Å². The molecule has 0 fully saturated rings. The van der Waals surface area contributed by atoms with Gasteiger partial charge in [0.2, 0.25) is 5.76 Å². The number of aromatic nitrogens is 1. The maximum atomic E-state index is 13.4. The molecule has 8 nitrogen and oxygen atoms in total. The number of rotatable bonds is 7. The van der Waals surface area contributed by atoms with Crippen molar-refractivity contribution in [3.8, 4) is 11.6 Å². The van der Waals surface area contributed by atoms with Gasteiger partial charge in [-0.05, 0) is 52.9 Å². The van der Waals surface area contributed by atoms with Crippen LogP contribution >= 0.6 is 0 Å². The summed E-state index contributed by atoms with van der Waals surface area (Å²) in [6, 6.07) is 14.7. The minimum absolute atomic E-state index is 0.0113. The van der Waals surface area contributed by atoms with E-state index < -0.39 is 23.7 Å². The molecule has 1 atom stereocenters. The third-order valence-corrected chi connectivity index (χ3v) is 5.19. The number of ether oxygens (including phenoxy) is 1. The minimum Gasteiger partial charge on any atom is -0.494 e. The molecule has 174 valence electrons. The molecule has 0 spiro atoms. The predicted molar refractivity (Wildman–Crippen MR) is 124 cm³/mol. The molecule has 1 aromatic heterocycles. The van der Waals surface area contributed by atoms with E-state index in [1.54, 1.807) is 24.3 Å². The summed E-state index contributed by atoms with van der Waals surface area (Å²) in [7, 11) is 1.49. The Morgan fingerprint density at radius 2 is 1.76 bits per heavy atom. The van der Waals surface area contributed by atoms with Crippen LogP contribution in [0.25, 0.3) is 0 Å². The van der Waals surface area contributed by atoms with Gasteiger partial charge in [-0.2, -0.15) is 0 Å². The monoisotopic (exact) mass is 451 g/mol. The van der Waals surface area contributed by atoms with Crippen LogP contribution in [0.2, 0.25) is 0 Å². The highest BCUT2D eigenvalue weighted by Gasteiger charge is 2.31. The summed E-state index contributed by atoms with van der Waals surface area (Å²) in [4.78, 5) is 27.5. The van der Waals surface area contributed by atoms with E-state index >= 15 is 0 Å². The molecule has 33 heavy (non-hydrogen) atoms. The molecule has 0 saturated carbocycles. The van der Waals surface area contributed by atoms with Gasteiger partial charge >= 0.3 is 0 Å². The lowest BCUT2D eigenvalue weighted by Gasteiger charge is -2.27. The number of anilines is 1. The first-order valence-electron chi connectivity index (χ1n) is 10.7. The second kappa shape index (κ2) is 9.77. The third-order valence-electron chi connectivity index (χ3n) is 5.19. The van der Waals surface area contributed by atoms with E-state index in [0.29, 0.717) is 23.6 Å². The standard InChI is InChI=1S/C25H29N3O5/c1-6-32-19-13-7-16(8-14-19)22(28(5)24(31)20-15-21(29)27-33-20)23(30)26-18-11-9-17(10-12-18)25(2,3)4/h7-15,22H,6H2,1-5H3,(H,26,30)(H,27,29). The van der Waals surface area contributed by atoms with Gasteiger partial charge in [-0.3, -0.25) is 9.59 Å². The summed E-state index contributed by atoms with van der Waals surface area (Å²) in [6.45, 7) is 8.74. The van der Waals surface area contributed by atoms with E-state index in [4.69, 9.17) is 9.26 Å². The molecule has 0 bridgehead atoms. The van der Waals surface area contributed by atoms with Gasteiger partial charge in [0.05, 0.1) is 12.7 Å². The zero-order chi connectivity index (χ0) is 24.2. The van der Waals surface area contributed by atoms with Gasteiger partial charge in [-0.1, -0.05) is 45.0 Å². The number of benzene rings is 2. The topological polar surface area (TPSA) is 105 Å². The number of carbonyl (C=O) groups excluding carboxylic acids is 2. The second-order valence-electron chi connectivity index (χ2n) is 8.69. The Morgan fingerprint density at radius 1 is 1.12 bits per heavy atom. The molecule has 0 aliphatic carbocycles. The molecular formula is C25H29N3O5. The maximum absolute atomic E-state index is 13.4. The zero-order valence-electron chi connectivity index (χ0n) is 19.5. The summed E-state index contributed by atoms with van der Waals surface area (Å²) >= 11 is 0. The average molecular weight is 452 g/mol. The summed E-state index contributed by atoms with van der Waals surface area (Å²) in [5.41, 5.74) is 2.33. The molecule has 1 unspecified atom stereocenters. The molecule has 2 N–H and O–H groups in total. The van der Waals surface area contributed by atoms with Gasteiger partial charge in [-0.15, -0.1) is 0 Å². The quantitative estimate of drug-likeness (QED) is 0.547. The van der Waals surface area contributed by atoms with Crippen molar-refractivity contribution in [2.45, 2.75) is 39.2 Å². The Kier molecular flexibility index (Phi) is 7.06. The summed E-state index contributed by atoms with van der Waals surface area (Å²) in [6.07, 6.45) is 0. The molecule has 0 aliphatic rings. The zero-order valence-corrected chi connectivity index (χ0v) is 19.5. The fraction of sp³-hybridized carbons (Fsp3) is 0.320. The van der Waals surface area contributed by atoms with Crippen LogP contribution in [0.15, 0.2) is 59.1 Å². The van der Waals surface area contributed by atoms with Gasteiger partial charge in [0.15, 0.2) is 0 Å². The van der Waals surface area contributed by atoms with Crippen molar-refractivity contribution < 1.29 is 24.0 Å². The smallest absolute Gasteiger partial charge is 0.293 e. The second-order valence-corrected chi connectivity index (χ2v) is 8.69. The number of amides is 2. The number of likely N-dealkylation sites (N-methyl/N-ethyl adjacent to an activating group) is 1. The van der Waals surface area contributed by atoms with Crippen LogP contribution in [0.5, 0.6) is 11.6 Å². The van der Waals surface area contributed by atoms with Crippen LogP contribution in [0.1, 0.15) is 55.4 Å². The Hall–Kier alpha value is -3.81. The molecule has 0 saturated heterocycles. The Labute approximate surface area is 193 Å².